The highest BCUT2D eigenvalue weighted by Gasteiger charge is 2.37. The van der Waals surface area contributed by atoms with Crippen LogP contribution in [-0.4, -0.2) is 32.0 Å². The van der Waals surface area contributed by atoms with E-state index in [9.17, 15) is 8.42 Å². The molecular weight excluding hydrogens is 234 g/mol. The summed E-state index contributed by atoms with van der Waals surface area (Å²) in [5.74, 6) is 0.669. The first-order valence-electron chi connectivity index (χ1n) is 6.93. The lowest BCUT2D eigenvalue weighted by Gasteiger charge is -2.23. The van der Waals surface area contributed by atoms with E-state index in [0.29, 0.717) is 11.5 Å². The van der Waals surface area contributed by atoms with Crippen LogP contribution in [0.3, 0.4) is 0 Å². The molecule has 0 radical (unpaired) electrons. The van der Waals surface area contributed by atoms with Gasteiger partial charge in [0.15, 0.2) is 9.84 Å². The number of sulfone groups is 1. The van der Waals surface area contributed by atoms with Crippen molar-refractivity contribution in [1.29, 1.82) is 0 Å². The van der Waals surface area contributed by atoms with Gasteiger partial charge >= 0.3 is 0 Å². The lowest BCUT2D eigenvalue weighted by atomic mass is 10.0. The van der Waals surface area contributed by atoms with Crippen LogP contribution in [-0.2, 0) is 9.84 Å². The summed E-state index contributed by atoms with van der Waals surface area (Å²) in [4.78, 5) is 0. The van der Waals surface area contributed by atoms with Crippen LogP contribution in [0.4, 0.5) is 0 Å². The summed E-state index contributed by atoms with van der Waals surface area (Å²) in [6.07, 6.45) is 8.46. The average Bonchev–Trinajstić information content (AvgIpc) is 2.52. The Morgan fingerprint density at radius 1 is 1.12 bits per heavy atom. The largest absolute Gasteiger partial charge is 0.310 e. The summed E-state index contributed by atoms with van der Waals surface area (Å²) in [5.41, 5.74) is -0.164. The topological polar surface area (TPSA) is 46.2 Å². The standard InChI is InChI=1S/C13H27NO2S/c1-3-4-5-6-7-8-10-14-13(2)9-11-17(15,16)12-13/h14H,3-12H2,1-2H3. The van der Waals surface area contributed by atoms with E-state index in [1.807, 2.05) is 6.92 Å². The molecule has 1 unspecified atom stereocenters. The Labute approximate surface area is 106 Å². The van der Waals surface area contributed by atoms with Crippen molar-refractivity contribution in [2.24, 2.45) is 0 Å². The van der Waals surface area contributed by atoms with Crippen molar-refractivity contribution < 1.29 is 8.42 Å². The summed E-state index contributed by atoms with van der Waals surface area (Å²) >= 11 is 0. The molecule has 1 rings (SSSR count). The molecule has 0 spiro atoms. The molecule has 1 heterocycles. The summed E-state index contributed by atoms with van der Waals surface area (Å²) < 4.78 is 22.8. The maximum Gasteiger partial charge on any atom is 0.152 e. The second-order valence-electron chi connectivity index (χ2n) is 5.60. The van der Waals surface area contributed by atoms with Gasteiger partial charge in [0, 0.05) is 5.54 Å². The molecule has 102 valence electrons. The number of hydrogen-bond acceptors (Lipinski definition) is 3. The first kappa shape index (κ1) is 15.0. The van der Waals surface area contributed by atoms with Crippen molar-refractivity contribution in [2.75, 3.05) is 18.1 Å². The van der Waals surface area contributed by atoms with E-state index in [4.69, 9.17) is 0 Å². The molecule has 3 nitrogen and oxygen atoms in total. The van der Waals surface area contributed by atoms with Gasteiger partial charge in [0.05, 0.1) is 11.5 Å². The fraction of sp³-hybridized carbons (Fsp3) is 1.00. The molecule has 17 heavy (non-hydrogen) atoms. The zero-order chi connectivity index (χ0) is 12.8. The molecule has 0 amide bonds. The molecule has 1 aliphatic rings. The van der Waals surface area contributed by atoms with Crippen LogP contribution in [0.1, 0.15) is 58.8 Å². The van der Waals surface area contributed by atoms with E-state index in [2.05, 4.69) is 12.2 Å². The minimum Gasteiger partial charge on any atom is -0.310 e. The first-order chi connectivity index (χ1) is 7.97. The van der Waals surface area contributed by atoms with Gasteiger partial charge in [-0.1, -0.05) is 39.0 Å². The Bertz CT molecular complexity index is 313. The van der Waals surface area contributed by atoms with Crippen molar-refractivity contribution in [3.63, 3.8) is 0 Å². The van der Waals surface area contributed by atoms with Crippen LogP contribution in [0.2, 0.25) is 0 Å². The average molecular weight is 261 g/mol. The molecule has 0 aromatic carbocycles. The molecule has 1 atom stereocenters. The first-order valence-corrected chi connectivity index (χ1v) is 8.75. The molecular formula is C13H27NO2S. The van der Waals surface area contributed by atoms with Crippen molar-refractivity contribution >= 4 is 9.84 Å². The van der Waals surface area contributed by atoms with Gasteiger partial charge < -0.3 is 5.32 Å². The normalized spacial score (nSPS) is 27.4. The van der Waals surface area contributed by atoms with E-state index in [1.165, 1.54) is 38.5 Å². The predicted molar refractivity (Wildman–Crippen MR) is 73.1 cm³/mol. The molecule has 4 heteroatoms. The van der Waals surface area contributed by atoms with Crippen molar-refractivity contribution in [1.82, 2.24) is 5.32 Å². The number of unbranched alkanes of at least 4 members (excludes halogenated alkanes) is 5. The van der Waals surface area contributed by atoms with Crippen LogP contribution < -0.4 is 5.32 Å². The highest BCUT2D eigenvalue weighted by atomic mass is 32.2. The quantitative estimate of drug-likeness (QED) is 0.683. The van der Waals surface area contributed by atoms with Gasteiger partial charge in [-0.15, -0.1) is 0 Å². The van der Waals surface area contributed by atoms with Crippen LogP contribution in [0.25, 0.3) is 0 Å². The Kier molecular flexibility index (Phi) is 5.93. The van der Waals surface area contributed by atoms with Crippen LogP contribution in [0.15, 0.2) is 0 Å². The summed E-state index contributed by atoms with van der Waals surface area (Å²) in [6.45, 7) is 5.22. The lowest BCUT2D eigenvalue weighted by molar-refractivity contribution is 0.390. The molecule has 1 fully saturated rings. The molecule has 0 saturated carbocycles. The number of rotatable bonds is 8. The highest BCUT2D eigenvalue weighted by molar-refractivity contribution is 7.91. The van der Waals surface area contributed by atoms with Crippen molar-refractivity contribution in [3.8, 4) is 0 Å². The van der Waals surface area contributed by atoms with Gasteiger partial charge in [-0.05, 0) is 26.3 Å². The third-order valence-corrected chi connectivity index (χ3v) is 5.49. The minimum absolute atomic E-state index is 0.164. The summed E-state index contributed by atoms with van der Waals surface area (Å²) in [6, 6.07) is 0. The fourth-order valence-corrected chi connectivity index (χ4v) is 4.57. The molecule has 0 aliphatic carbocycles. The Morgan fingerprint density at radius 2 is 1.76 bits per heavy atom. The monoisotopic (exact) mass is 261 g/mol. The molecule has 1 aliphatic heterocycles. The smallest absolute Gasteiger partial charge is 0.152 e. The van der Waals surface area contributed by atoms with Gasteiger partial charge in [0.2, 0.25) is 0 Å². The third kappa shape index (κ3) is 5.87. The van der Waals surface area contributed by atoms with E-state index in [0.717, 1.165) is 13.0 Å². The Balaban J connectivity index is 2.07. The molecule has 1 saturated heterocycles. The molecule has 1 N–H and O–H groups in total. The third-order valence-electron chi connectivity index (χ3n) is 3.59. The van der Waals surface area contributed by atoms with Gasteiger partial charge in [-0.3, -0.25) is 0 Å². The van der Waals surface area contributed by atoms with E-state index in [-0.39, 0.29) is 5.54 Å². The maximum absolute atomic E-state index is 11.4. The predicted octanol–water partition coefficient (Wildman–Crippen LogP) is 2.51. The molecule has 0 bridgehead atoms. The van der Waals surface area contributed by atoms with E-state index >= 15 is 0 Å². The Morgan fingerprint density at radius 3 is 2.35 bits per heavy atom. The maximum atomic E-state index is 11.4. The minimum atomic E-state index is -2.77. The number of hydrogen-bond donors (Lipinski definition) is 1. The Hall–Kier alpha value is -0.0900. The van der Waals surface area contributed by atoms with Gasteiger partial charge in [-0.2, -0.15) is 0 Å². The molecule has 0 aromatic heterocycles. The lowest BCUT2D eigenvalue weighted by Crippen LogP contribution is -2.43. The number of nitrogens with one attached hydrogen (secondary N) is 1. The van der Waals surface area contributed by atoms with Crippen LogP contribution in [0, 0.1) is 0 Å². The second-order valence-corrected chi connectivity index (χ2v) is 7.78. The zero-order valence-electron chi connectivity index (χ0n) is 11.3. The second kappa shape index (κ2) is 6.74. The van der Waals surface area contributed by atoms with E-state index < -0.39 is 9.84 Å². The highest BCUT2D eigenvalue weighted by Crippen LogP contribution is 2.22. The van der Waals surface area contributed by atoms with Crippen molar-refractivity contribution in [3.05, 3.63) is 0 Å². The summed E-state index contributed by atoms with van der Waals surface area (Å²) in [5, 5.41) is 3.43. The SMILES string of the molecule is CCCCCCCCNC1(C)CCS(=O)(=O)C1. The molecule has 0 aromatic rings. The summed E-state index contributed by atoms with van der Waals surface area (Å²) in [7, 11) is -2.77. The fourth-order valence-electron chi connectivity index (χ4n) is 2.45. The van der Waals surface area contributed by atoms with Crippen LogP contribution >= 0.6 is 0 Å². The van der Waals surface area contributed by atoms with E-state index in [1.54, 1.807) is 0 Å². The van der Waals surface area contributed by atoms with Gasteiger partial charge in [0.1, 0.15) is 0 Å². The van der Waals surface area contributed by atoms with Gasteiger partial charge in [-0.25, -0.2) is 8.42 Å². The van der Waals surface area contributed by atoms with Gasteiger partial charge in [0.25, 0.3) is 0 Å². The zero-order valence-corrected chi connectivity index (χ0v) is 12.1. The van der Waals surface area contributed by atoms with Crippen LogP contribution in [0.5, 0.6) is 0 Å². The van der Waals surface area contributed by atoms with Crippen molar-refractivity contribution in [2.45, 2.75) is 64.3 Å².